The van der Waals surface area contributed by atoms with Gasteiger partial charge in [0.25, 0.3) is 0 Å². The summed E-state index contributed by atoms with van der Waals surface area (Å²) in [5.74, 6) is 0.0223. The Morgan fingerprint density at radius 3 is 2.31 bits per heavy atom. The maximum Gasteiger partial charge on any atom is 0.336 e. The third kappa shape index (κ3) is 4.68. The highest BCUT2D eigenvalue weighted by Crippen LogP contribution is 2.09. The SMILES string of the molecule is COC(=O)/C(=C/CC(C)C)C(C)O. The molecular formula is C10H18O3. The van der Waals surface area contributed by atoms with E-state index in [9.17, 15) is 9.90 Å². The van der Waals surface area contributed by atoms with E-state index in [1.807, 2.05) is 13.8 Å². The first-order valence-electron chi connectivity index (χ1n) is 4.45. The van der Waals surface area contributed by atoms with E-state index in [0.717, 1.165) is 6.42 Å². The molecule has 0 aliphatic carbocycles. The van der Waals surface area contributed by atoms with Crippen molar-refractivity contribution in [3.05, 3.63) is 11.6 Å². The number of allylic oxidation sites excluding steroid dienone is 1. The average molecular weight is 186 g/mol. The summed E-state index contributed by atoms with van der Waals surface area (Å²) in [6.07, 6.45) is 1.75. The molecule has 3 nitrogen and oxygen atoms in total. The van der Waals surface area contributed by atoms with Gasteiger partial charge in [-0.05, 0) is 19.3 Å². The molecule has 0 aliphatic rings. The summed E-state index contributed by atoms with van der Waals surface area (Å²) in [6.45, 7) is 5.66. The number of hydrogen-bond donors (Lipinski definition) is 1. The van der Waals surface area contributed by atoms with E-state index in [1.54, 1.807) is 13.0 Å². The van der Waals surface area contributed by atoms with Crippen molar-refractivity contribution in [2.24, 2.45) is 5.92 Å². The largest absolute Gasteiger partial charge is 0.466 e. The molecule has 1 unspecified atom stereocenters. The molecule has 0 saturated carbocycles. The molecule has 0 fully saturated rings. The normalized spacial score (nSPS) is 14.5. The molecule has 76 valence electrons. The maximum atomic E-state index is 11.1. The van der Waals surface area contributed by atoms with Crippen LogP contribution in [0.4, 0.5) is 0 Å². The Morgan fingerprint density at radius 2 is 2.00 bits per heavy atom. The third-order valence-electron chi connectivity index (χ3n) is 1.68. The van der Waals surface area contributed by atoms with Gasteiger partial charge in [0.15, 0.2) is 0 Å². The van der Waals surface area contributed by atoms with Crippen LogP contribution in [0, 0.1) is 5.92 Å². The molecule has 0 spiro atoms. The predicted octanol–water partition coefficient (Wildman–Crippen LogP) is 1.51. The van der Waals surface area contributed by atoms with Crippen LogP contribution < -0.4 is 0 Å². The van der Waals surface area contributed by atoms with Crippen LogP contribution in [-0.2, 0) is 9.53 Å². The maximum absolute atomic E-state index is 11.1. The van der Waals surface area contributed by atoms with Gasteiger partial charge in [-0.1, -0.05) is 19.9 Å². The van der Waals surface area contributed by atoms with Crippen LogP contribution in [0.1, 0.15) is 27.2 Å². The zero-order valence-corrected chi connectivity index (χ0v) is 8.70. The summed E-state index contributed by atoms with van der Waals surface area (Å²) in [5.41, 5.74) is 0.344. The first-order valence-corrected chi connectivity index (χ1v) is 4.45. The number of aliphatic hydroxyl groups is 1. The zero-order chi connectivity index (χ0) is 10.4. The lowest BCUT2D eigenvalue weighted by atomic mass is 10.1. The van der Waals surface area contributed by atoms with Gasteiger partial charge in [-0.2, -0.15) is 0 Å². The number of esters is 1. The smallest absolute Gasteiger partial charge is 0.336 e. The molecule has 0 heterocycles. The topological polar surface area (TPSA) is 46.5 Å². The lowest BCUT2D eigenvalue weighted by molar-refractivity contribution is -0.137. The molecule has 0 bridgehead atoms. The molecule has 0 rings (SSSR count). The van der Waals surface area contributed by atoms with E-state index in [4.69, 9.17) is 0 Å². The van der Waals surface area contributed by atoms with Crippen molar-refractivity contribution in [2.45, 2.75) is 33.3 Å². The van der Waals surface area contributed by atoms with Crippen molar-refractivity contribution >= 4 is 5.97 Å². The number of aliphatic hydroxyl groups excluding tert-OH is 1. The van der Waals surface area contributed by atoms with Gasteiger partial charge in [0.2, 0.25) is 0 Å². The van der Waals surface area contributed by atoms with Crippen LogP contribution in [-0.4, -0.2) is 24.3 Å². The molecule has 0 aliphatic heterocycles. The Bertz CT molecular complexity index is 192. The van der Waals surface area contributed by atoms with E-state index in [-0.39, 0.29) is 0 Å². The minimum Gasteiger partial charge on any atom is -0.466 e. The van der Waals surface area contributed by atoms with E-state index in [0.29, 0.717) is 11.5 Å². The number of methoxy groups -OCH3 is 1. The second-order valence-corrected chi connectivity index (χ2v) is 3.46. The predicted molar refractivity (Wildman–Crippen MR) is 51.2 cm³/mol. The van der Waals surface area contributed by atoms with Crippen LogP contribution in [0.25, 0.3) is 0 Å². The van der Waals surface area contributed by atoms with E-state index in [2.05, 4.69) is 4.74 Å². The van der Waals surface area contributed by atoms with Gasteiger partial charge >= 0.3 is 5.97 Å². The van der Waals surface area contributed by atoms with Crippen LogP contribution in [0.15, 0.2) is 11.6 Å². The molecule has 0 aromatic carbocycles. The Balaban J connectivity index is 4.41. The molecule has 1 N–H and O–H groups in total. The third-order valence-corrected chi connectivity index (χ3v) is 1.68. The summed E-state index contributed by atoms with van der Waals surface area (Å²) in [4.78, 5) is 11.1. The van der Waals surface area contributed by atoms with Crippen molar-refractivity contribution in [1.82, 2.24) is 0 Å². The highest BCUT2D eigenvalue weighted by molar-refractivity contribution is 5.89. The van der Waals surface area contributed by atoms with Gasteiger partial charge in [0.1, 0.15) is 0 Å². The molecule has 13 heavy (non-hydrogen) atoms. The molecule has 0 aromatic heterocycles. The van der Waals surface area contributed by atoms with Crippen molar-refractivity contribution in [2.75, 3.05) is 7.11 Å². The summed E-state index contributed by atoms with van der Waals surface area (Å²) in [6, 6.07) is 0. The van der Waals surface area contributed by atoms with E-state index >= 15 is 0 Å². The molecular weight excluding hydrogens is 168 g/mol. The summed E-state index contributed by atoms with van der Waals surface area (Å²) in [5, 5.41) is 9.26. The molecule has 3 heteroatoms. The van der Waals surface area contributed by atoms with Crippen molar-refractivity contribution in [3.8, 4) is 0 Å². The molecule has 0 saturated heterocycles. The highest BCUT2D eigenvalue weighted by atomic mass is 16.5. The Hall–Kier alpha value is -0.830. The van der Waals surface area contributed by atoms with Crippen molar-refractivity contribution < 1.29 is 14.6 Å². The number of ether oxygens (including phenoxy) is 1. The summed E-state index contributed by atoms with van der Waals surface area (Å²) in [7, 11) is 1.31. The Morgan fingerprint density at radius 1 is 1.46 bits per heavy atom. The lowest BCUT2D eigenvalue weighted by Crippen LogP contribution is -2.16. The number of carbonyl (C=O) groups is 1. The minimum absolute atomic E-state index is 0.344. The Kier molecular flexibility index (Phi) is 5.39. The van der Waals surface area contributed by atoms with Gasteiger partial charge in [-0.3, -0.25) is 0 Å². The fourth-order valence-electron chi connectivity index (χ4n) is 0.905. The van der Waals surface area contributed by atoms with Crippen LogP contribution in [0.2, 0.25) is 0 Å². The van der Waals surface area contributed by atoms with Crippen LogP contribution in [0.3, 0.4) is 0 Å². The van der Waals surface area contributed by atoms with Gasteiger partial charge in [0, 0.05) is 0 Å². The molecule has 0 radical (unpaired) electrons. The quantitative estimate of drug-likeness (QED) is 0.534. The zero-order valence-electron chi connectivity index (χ0n) is 8.70. The molecule has 1 atom stereocenters. The summed E-state index contributed by atoms with van der Waals surface area (Å²) >= 11 is 0. The first kappa shape index (κ1) is 12.2. The number of hydrogen-bond acceptors (Lipinski definition) is 3. The molecule has 0 aromatic rings. The fraction of sp³-hybridized carbons (Fsp3) is 0.700. The monoisotopic (exact) mass is 186 g/mol. The standard InChI is InChI=1S/C10H18O3/c1-7(2)5-6-9(8(3)11)10(12)13-4/h6-8,11H,5H2,1-4H3/b9-6+. The highest BCUT2D eigenvalue weighted by Gasteiger charge is 2.14. The van der Waals surface area contributed by atoms with Gasteiger partial charge < -0.3 is 9.84 Å². The fourth-order valence-corrected chi connectivity index (χ4v) is 0.905. The van der Waals surface area contributed by atoms with E-state index in [1.165, 1.54) is 7.11 Å². The van der Waals surface area contributed by atoms with Gasteiger partial charge in [0.05, 0.1) is 18.8 Å². The van der Waals surface area contributed by atoms with Gasteiger partial charge in [-0.25, -0.2) is 4.79 Å². The van der Waals surface area contributed by atoms with Crippen molar-refractivity contribution in [3.63, 3.8) is 0 Å². The van der Waals surface area contributed by atoms with Crippen LogP contribution in [0.5, 0.6) is 0 Å². The Labute approximate surface area is 79.4 Å². The lowest BCUT2D eigenvalue weighted by Gasteiger charge is -2.08. The van der Waals surface area contributed by atoms with Crippen molar-refractivity contribution in [1.29, 1.82) is 0 Å². The number of rotatable bonds is 4. The minimum atomic E-state index is -0.758. The molecule has 0 amide bonds. The first-order chi connectivity index (χ1) is 5.99. The summed E-state index contributed by atoms with van der Waals surface area (Å²) < 4.78 is 4.54. The van der Waals surface area contributed by atoms with E-state index < -0.39 is 12.1 Å². The average Bonchev–Trinajstić information content (AvgIpc) is 2.03. The van der Waals surface area contributed by atoms with Gasteiger partial charge in [-0.15, -0.1) is 0 Å². The second kappa shape index (κ2) is 5.75. The van der Waals surface area contributed by atoms with Crippen LogP contribution >= 0.6 is 0 Å². The number of carbonyl (C=O) groups excluding carboxylic acids is 1. The second-order valence-electron chi connectivity index (χ2n) is 3.46.